The van der Waals surface area contributed by atoms with Crippen molar-refractivity contribution in [3.05, 3.63) is 70.0 Å². The summed E-state index contributed by atoms with van der Waals surface area (Å²) in [5, 5.41) is 0. The molecule has 5 nitrogen and oxygen atoms in total. The number of carbonyl (C=O) groups is 2. The van der Waals surface area contributed by atoms with Crippen molar-refractivity contribution in [2.75, 3.05) is 26.2 Å². The van der Waals surface area contributed by atoms with E-state index in [0.29, 0.717) is 50.1 Å². The van der Waals surface area contributed by atoms with E-state index in [0.717, 1.165) is 17.2 Å². The zero-order valence-corrected chi connectivity index (χ0v) is 26.3. The summed E-state index contributed by atoms with van der Waals surface area (Å²) in [6.07, 6.45) is 1.34. The highest BCUT2D eigenvalue weighted by Crippen LogP contribution is 2.41. The number of amides is 2. The van der Waals surface area contributed by atoms with E-state index in [4.69, 9.17) is 0 Å². The second-order valence-corrected chi connectivity index (χ2v) is 13.5. The molecule has 0 saturated carbocycles. The summed E-state index contributed by atoms with van der Waals surface area (Å²) in [7, 11) is 0. The third kappa shape index (κ3) is 6.53. The van der Waals surface area contributed by atoms with E-state index >= 15 is 0 Å². The summed E-state index contributed by atoms with van der Waals surface area (Å²) >= 11 is 0. The number of aryl methyl sites for hydroxylation is 1. The Hall–Kier alpha value is -2.87. The van der Waals surface area contributed by atoms with Crippen LogP contribution in [0.1, 0.15) is 101 Å². The summed E-state index contributed by atoms with van der Waals surface area (Å²) in [6, 6.07) is 6.90. The van der Waals surface area contributed by atoms with Crippen molar-refractivity contribution in [2.24, 2.45) is 5.92 Å². The molecule has 0 N–H and O–H groups in total. The fourth-order valence-corrected chi connectivity index (χ4v) is 7.03. The molecule has 2 aromatic carbocycles. The Balaban J connectivity index is 1.56. The predicted molar refractivity (Wildman–Crippen MR) is 160 cm³/mol. The van der Waals surface area contributed by atoms with E-state index in [1.165, 1.54) is 12.1 Å². The molecule has 230 valence electrons. The molecule has 0 spiro atoms. The zero-order valence-electron chi connectivity index (χ0n) is 26.3. The number of hydrogen-bond acceptors (Lipinski definition) is 3. The van der Waals surface area contributed by atoms with Crippen molar-refractivity contribution in [1.82, 2.24) is 14.7 Å². The maximum atomic E-state index is 14.9. The van der Waals surface area contributed by atoms with Crippen LogP contribution in [0.2, 0.25) is 0 Å². The third-order valence-corrected chi connectivity index (χ3v) is 9.35. The molecule has 2 aliphatic heterocycles. The highest BCUT2D eigenvalue weighted by molar-refractivity contribution is 5.81. The van der Waals surface area contributed by atoms with E-state index in [1.807, 2.05) is 36.6 Å². The van der Waals surface area contributed by atoms with Crippen molar-refractivity contribution >= 4 is 11.8 Å². The van der Waals surface area contributed by atoms with Gasteiger partial charge in [0.15, 0.2) is 0 Å². The maximum Gasteiger partial charge on any atom is 0.227 e. The first kappa shape index (κ1) is 32.1. The second-order valence-electron chi connectivity index (χ2n) is 13.5. The summed E-state index contributed by atoms with van der Waals surface area (Å²) in [4.78, 5) is 32.4. The van der Waals surface area contributed by atoms with Crippen molar-refractivity contribution in [3.8, 4) is 0 Å². The number of rotatable bonds is 6. The third-order valence-electron chi connectivity index (χ3n) is 9.35. The van der Waals surface area contributed by atoms with E-state index in [2.05, 4.69) is 25.7 Å². The van der Waals surface area contributed by atoms with Crippen LogP contribution < -0.4 is 0 Å². The van der Waals surface area contributed by atoms with Gasteiger partial charge >= 0.3 is 0 Å². The van der Waals surface area contributed by atoms with Crippen LogP contribution in [0, 0.1) is 30.3 Å². The normalized spacial score (nSPS) is 21.2. The summed E-state index contributed by atoms with van der Waals surface area (Å²) in [5.41, 5.74) is 2.57. The topological polar surface area (TPSA) is 43.9 Å². The first-order chi connectivity index (χ1) is 19.6. The molecule has 0 radical (unpaired) electrons. The number of nitrogens with zero attached hydrogens (tertiary/aromatic N) is 3. The van der Waals surface area contributed by atoms with Crippen LogP contribution in [-0.4, -0.2) is 64.3 Å². The van der Waals surface area contributed by atoms with Gasteiger partial charge in [-0.3, -0.25) is 14.5 Å². The number of benzene rings is 2. The molecule has 8 heteroatoms. The van der Waals surface area contributed by atoms with E-state index in [-0.39, 0.29) is 47.1 Å². The largest absolute Gasteiger partial charge is 0.342 e. The quantitative estimate of drug-likeness (QED) is 0.369. The van der Waals surface area contributed by atoms with Gasteiger partial charge in [0.05, 0.1) is 12.0 Å². The zero-order chi connectivity index (χ0) is 31.1. The Morgan fingerprint density at radius 1 is 0.929 bits per heavy atom. The standard InChI is InChI=1S/C34H46F3N3O2/c1-20(2)40(23(5)41)22(4)27-15-21(3)31(36)17-28(27)24-11-13-38(14-12-24)33(42)30-19-39(34(6,7)8)18-29(30)26-10-9-25(35)16-32(26)37/h9-10,15-17,20,22,24,29-30H,11-14,18-19H2,1-8H3/t22?,29-,30?/m0/s1. The van der Waals surface area contributed by atoms with E-state index in [1.54, 1.807) is 19.9 Å². The molecular formula is C34H46F3N3O2. The molecule has 3 atom stereocenters. The average Bonchev–Trinajstić information content (AvgIpc) is 3.35. The van der Waals surface area contributed by atoms with Crippen LogP contribution in [0.3, 0.4) is 0 Å². The molecule has 2 aromatic rings. The van der Waals surface area contributed by atoms with Crippen molar-refractivity contribution in [2.45, 2.75) is 97.7 Å². The predicted octanol–water partition coefficient (Wildman–Crippen LogP) is 6.95. The van der Waals surface area contributed by atoms with Crippen LogP contribution in [-0.2, 0) is 9.59 Å². The van der Waals surface area contributed by atoms with Crippen molar-refractivity contribution < 1.29 is 22.8 Å². The van der Waals surface area contributed by atoms with Crippen LogP contribution in [0.5, 0.6) is 0 Å². The molecule has 2 amide bonds. The highest BCUT2D eigenvalue weighted by atomic mass is 19.1. The van der Waals surface area contributed by atoms with Gasteiger partial charge in [-0.05, 0) is 102 Å². The number of carbonyl (C=O) groups excluding carboxylic acids is 2. The molecule has 2 saturated heterocycles. The SMILES string of the molecule is CC(=O)N(C(C)C)C(C)c1cc(C)c(F)cc1C1CCN(C(=O)C2CN(C(C)(C)C)C[C@H]2c2ccc(F)cc2F)CC1. The molecule has 2 unspecified atom stereocenters. The minimum atomic E-state index is -0.632. The Morgan fingerprint density at radius 2 is 1.57 bits per heavy atom. The van der Waals surface area contributed by atoms with Gasteiger partial charge in [-0.1, -0.05) is 12.1 Å². The lowest BCUT2D eigenvalue weighted by molar-refractivity contribution is -0.137. The lowest BCUT2D eigenvalue weighted by Gasteiger charge is -2.38. The van der Waals surface area contributed by atoms with Gasteiger partial charge in [0.1, 0.15) is 17.5 Å². The molecule has 2 fully saturated rings. The van der Waals surface area contributed by atoms with Crippen LogP contribution in [0.4, 0.5) is 13.2 Å². The fourth-order valence-electron chi connectivity index (χ4n) is 7.03. The van der Waals surface area contributed by atoms with Crippen LogP contribution in [0.25, 0.3) is 0 Å². The van der Waals surface area contributed by atoms with Gasteiger partial charge in [-0.2, -0.15) is 0 Å². The maximum absolute atomic E-state index is 14.9. The molecule has 0 aromatic heterocycles. The minimum absolute atomic E-state index is 0.00635. The lowest BCUT2D eigenvalue weighted by atomic mass is 9.82. The number of halogens is 3. The van der Waals surface area contributed by atoms with Gasteiger partial charge in [-0.25, -0.2) is 13.2 Å². The van der Waals surface area contributed by atoms with Crippen LogP contribution >= 0.6 is 0 Å². The number of piperidine rings is 1. The molecular weight excluding hydrogens is 539 g/mol. The monoisotopic (exact) mass is 585 g/mol. The molecule has 4 rings (SSSR count). The minimum Gasteiger partial charge on any atom is -0.342 e. The first-order valence-electron chi connectivity index (χ1n) is 15.2. The first-order valence-corrected chi connectivity index (χ1v) is 15.2. The highest BCUT2D eigenvalue weighted by Gasteiger charge is 2.45. The second kappa shape index (κ2) is 12.4. The van der Waals surface area contributed by atoms with E-state index < -0.39 is 17.6 Å². The van der Waals surface area contributed by atoms with E-state index in [9.17, 15) is 22.8 Å². The van der Waals surface area contributed by atoms with Crippen LogP contribution in [0.15, 0.2) is 30.3 Å². The van der Waals surface area contributed by atoms with Gasteiger partial charge < -0.3 is 9.80 Å². The summed E-state index contributed by atoms with van der Waals surface area (Å²) in [5.74, 6) is -2.33. The molecule has 0 aliphatic carbocycles. The molecule has 0 bridgehead atoms. The summed E-state index contributed by atoms with van der Waals surface area (Å²) < 4.78 is 43.5. The molecule has 42 heavy (non-hydrogen) atoms. The van der Waals surface area contributed by atoms with Gasteiger partial charge in [0, 0.05) is 56.7 Å². The number of likely N-dealkylation sites (tertiary alicyclic amines) is 2. The Labute approximate surface area is 249 Å². The van der Waals surface area contributed by atoms with Crippen molar-refractivity contribution in [3.63, 3.8) is 0 Å². The lowest BCUT2D eigenvalue weighted by Crippen LogP contribution is -2.44. The Kier molecular flexibility index (Phi) is 9.46. The van der Waals surface area contributed by atoms with Gasteiger partial charge in [0.25, 0.3) is 0 Å². The van der Waals surface area contributed by atoms with Crippen molar-refractivity contribution in [1.29, 1.82) is 0 Å². The van der Waals surface area contributed by atoms with Gasteiger partial charge in [0.2, 0.25) is 11.8 Å². The molecule has 2 aliphatic rings. The smallest absolute Gasteiger partial charge is 0.227 e. The van der Waals surface area contributed by atoms with Gasteiger partial charge in [-0.15, -0.1) is 0 Å². The average molecular weight is 586 g/mol. The summed E-state index contributed by atoms with van der Waals surface area (Å²) in [6.45, 7) is 17.5. The Bertz CT molecular complexity index is 1310. The molecule has 2 heterocycles. The fraction of sp³-hybridized carbons (Fsp3) is 0.588. The number of hydrogen-bond donors (Lipinski definition) is 0. The Morgan fingerprint density at radius 3 is 2.12 bits per heavy atom.